The second-order valence-electron chi connectivity index (χ2n) is 11.6. The molecule has 8 rings (SSSR count). The molecule has 0 spiro atoms. The van der Waals surface area contributed by atoms with Gasteiger partial charge in [-0.3, -0.25) is 9.98 Å². The van der Waals surface area contributed by atoms with Crippen LogP contribution in [0.2, 0.25) is 0 Å². The second-order valence-corrected chi connectivity index (χ2v) is 14.6. The molecule has 3 aliphatic heterocycles. The van der Waals surface area contributed by atoms with Gasteiger partial charge < -0.3 is 0 Å². The van der Waals surface area contributed by atoms with Gasteiger partial charge in [-0.05, 0) is 55.0 Å². The zero-order valence-electron chi connectivity index (χ0n) is 21.3. The Hall–Kier alpha value is -2.56. The third-order valence-corrected chi connectivity index (χ3v) is 11.9. The average molecular weight is 519 g/mol. The highest BCUT2D eigenvalue weighted by Gasteiger charge is 2.47. The molecule has 0 saturated heterocycles. The predicted molar refractivity (Wildman–Crippen MR) is 160 cm³/mol. The van der Waals surface area contributed by atoms with Crippen LogP contribution in [0.5, 0.6) is 0 Å². The van der Waals surface area contributed by atoms with E-state index in [4.69, 9.17) is 9.98 Å². The van der Waals surface area contributed by atoms with E-state index in [2.05, 4.69) is 110 Å². The van der Waals surface area contributed by atoms with Crippen molar-refractivity contribution < 1.29 is 0 Å². The Balaban J connectivity index is 1.39. The summed E-state index contributed by atoms with van der Waals surface area (Å²) in [5.74, 6) is 0. The van der Waals surface area contributed by atoms with Crippen molar-refractivity contribution in [2.45, 2.75) is 77.3 Å². The van der Waals surface area contributed by atoms with Gasteiger partial charge in [-0.25, -0.2) is 0 Å². The van der Waals surface area contributed by atoms with Crippen molar-refractivity contribution >= 4 is 57.5 Å². The van der Waals surface area contributed by atoms with Crippen LogP contribution >= 0.6 is 23.5 Å². The third-order valence-electron chi connectivity index (χ3n) is 9.03. The standard InChI is InChI=1S/C33H30N2S2/c1-32-19-33(2)25-10-6-8-21-14-16-23(31(37-33)29(21)25)18-35-27-12-4-3-11-26(27)34-17-22-15-13-20-7-5-9-24(32)28(20)30(22)36-32/h5-10,13-18,26-27H,3-4,11-12,19H2,1-2H3. The minimum atomic E-state index is -0.0143. The van der Waals surface area contributed by atoms with Gasteiger partial charge in [-0.1, -0.05) is 73.5 Å². The number of hydrogen-bond donors (Lipinski definition) is 0. The molecule has 37 heavy (non-hydrogen) atoms. The first-order chi connectivity index (χ1) is 18.0. The highest BCUT2D eigenvalue weighted by atomic mass is 32.2. The molecule has 3 heterocycles. The van der Waals surface area contributed by atoms with E-state index >= 15 is 0 Å². The summed E-state index contributed by atoms with van der Waals surface area (Å²) in [4.78, 5) is 13.2. The van der Waals surface area contributed by atoms with Crippen molar-refractivity contribution in [3.8, 4) is 0 Å². The van der Waals surface area contributed by atoms with Crippen LogP contribution in [0.15, 0.2) is 80.4 Å². The highest BCUT2D eigenvalue weighted by Crippen LogP contribution is 2.64. The SMILES string of the molecule is CC12CC3(C)Sc4c(ccc5cccc3c45)C=NC3CCCCC3N=Cc3ccc4cccc1c4c3S2. The van der Waals surface area contributed by atoms with Gasteiger partial charge in [0.05, 0.1) is 12.1 Å². The lowest BCUT2D eigenvalue weighted by atomic mass is 9.82. The van der Waals surface area contributed by atoms with Crippen molar-refractivity contribution in [2.75, 3.05) is 0 Å². The van der Waals surface area contributed by atoms with Crippen LogP contribution in [0.3, 0.4) is 0 Å². The van der Waals surface area contributed by atoms with Crippen LogP contribution in [0.1, 0.15) is 68.2 Å². The topological polar surface area (TPSA) is 24.7 Å². The van der Waals surface area contributed by atoms with E-state index < -0.39 is 0 Å². The highest BCUT2D eigenvalue weighted by molar-refractivity contribution is 8.01. The van der Waals surface area contributed by atoms with E-state index in [0.29, 0.717) is 0 Å². The third kappa shape index (κ3) is 3.28. The van der Waals surface area contributed by atoms with Crippen LogP contribution in [0, 0.1) is 0 Å². The summed E-state index contributed by atoms with van der Waals surface area (Å²) in [7, 11) is 0. The lowest BCUT2D eigenvalue weighted by Crippen LogP contribution is -2.27. The molecule has 4 bridgehead atoms. The number of hydrogen-bond acceptors (Lipinski definition) is 4. The summed E-state index contributed by atoms with van der Waals surface area (Å²) in [6.07, 6.45) is 10.2. The number of aliphatic imine (C=N–C) groups is 2. The Morgan fingerprint density at radius 1 is 0.649 bits per heavy atom. The number of benzene rings is 4. The summed E-state index contributed by atoms with van der Waals surface area (Å²) < 4.78 is -0.0287. The van der Waals surface area contributed by atoms with Gasteiger partial charge in [0.25, 0.3) is 0 Å². The molecule has 4 heteroatoms. The molecule has 1 fully saturated rings. The number of rotatable bonds is 0. The molecule has 2 nitrogen and oxygen atoms in total. The van der Waals surface area contributed by atoms with Crippen molar-refractivity contribution in [1.29, 1.82) is 0 Å². The zero-order valence-corrected chi connectivity index (χ0v) is 23.0. The van der Waals surface area contributed by atoms with E-state index in [-0.39, 0.29) is 21.6 Å². The molecule has 1 aliphatic carbocycles. The lowest BCUT2D eigenvalue weighted by molar-refractivity contribution is 0.390. The van der Waals surface area contributed by atoms with E-state index in [1.54, 1.807) is 0 Å². The summed E-state index contributed by atoms with van der Waals surface area (Å²) in [6.45, 7) is 4.94. The largest absolute Gasteiger partial charge is 0.287 e. The monoisotopic (exact) mass is 518 g/mol. The predicted octanol–water partition coefficient (Wildman–Crippen LogP) is 8.89. The Bertz CT molecular complexity index is 1550. The van der Waals surface area contributed by atoms with Crippen LogP contribution in [0.25, 0.3) is 21.5 Å². The van der Waals surface area contributed by atoms with Gasteiger partial charge in [-0.15, -0.1) is 23.5 Å². The van der Waals surface area contributed by atoms with Gasteiger partial charge in [0.15, 0.2) is 0 Å². The number of thioether (sulfide) groups is 2. The molecule has 0 radical (unpaired) electrons. The molecular weight excluding hydrogens is 489 g/mol. The van der Waals surface area contributed by atoms with Gasteiger partial charge in [0, 0.05) is 53.6 Å². The zero-order chi connectivity index (χ0) is 24.8. The van der Waals surface area contributed by atoms with E-state index in [9.17, 15) is 0 Å². The normalized spacial score (nSPS) is 29.7. The molecular formula is C33H30N2S2. The first-order valence-electron chi connectivity index (χ1n) is 13.6. The maximum Gasteiger partial charge on any atom is 0.0723 e. The van der Waals surface area contributed by atoms with Crippen molar-refractivity contribution in [3.05, 3.63) is 82.9 Å². The van der Waals surface area contributed by atoms with Gasteiger partial charge in [0.1, 0.15) is 0 Å². The van der Waals surface area contributed by atoms with Crippen LogP contribution in [-0.4, -0.2) is 24.5 Å². The average Bonchev–Trinajstić information content (AvgIpc) is 3.37. The minimum absolute atomic E-state index is 0.0143. The van der Waals surface area contributed by atoms with Crippen molar-refractivity contribution in [3.63, 3.8) is 0 Å². The Kier molecular flexibility index (Phi) is 4.83. The van der Waals surface area contributed by atoms with E-state index in [0.717, 1.165) is 19.3 Å². The maximum absolute atomic E-state index is 5.21. The Morgan fingerprint density at radius 2 is 1.14 bits per heavy atom. The quantitative estimate of drug-likeness (QED) is 0.232. The maximum atomic E-state index is 5.21. The van der Waals surface area contributed by atoms with E-state index in [1.807, 2.05) is 0 Å². The summed E-state index contributed by atoms with van der Waals surface area (Å²) in [6, 6.07) is 23.5. The van der Waals surface area contributed by atoms with Crippen LogP contribution in [-0.2, 0) is 9.49 Å². The van der Waals surface area contributed by atoms with Gasteiger partial charge in [-0.2, -0.15) is 0 Å². The molecule has 4 aromatic carbocycles. The fourth-order valence-electron chi connectivity index (χ4n) is 7.29. The molecule has 184 valence electrons. The molecule has 0 N–H and O–H groups in total. The first-order valence-corrected chi connectivity index (χ1v) is 15.2. The Morgan fingerprint density at radius 3 is 1.62 bits per heavy atom. The van der Waals surface area contributed by atoms with Crippen molar-refractivity contribution in [1.82, 2.24) is 0 Å². The van der Waals surface area contributed by atoms with Gasteiger partial charge >= 0.3 is 0 Å². The minimum Gasteiger partial charge on any atom is -0.287 e. The molecule has 4 atom stereocenters. The summed E-state index contributed by atoms with van der Waals surface area (Å²) in [5, 5.41) is 5.57. The molecule has 0 aromatic heterocycles. The summed E-state index contributed by atoms with van der Waals surface area (Å²) in [5.41, 5.74) is 5.50. The Labute approximate surface area is 227 Å². The molecule has 4 aliphatic rings. The van der Waals surface area contributed by atoms with E-state index in [1.165, 1.54) is 66.4 Å². The fraction of sp³-hybridized carbons (Fsp3) is 0.333. The van der Waals surface area contributed by atoms with Crippen molar-refractivity contribution in [2.24, 2.45) is 9.98 Å². The number of nitrogens with zero attached hydrogens (tertiary/aromatic N) is 2. The molecule has 0 amide bonds. The second kappa shape index (κ2) is 7.97. The molecule has 4 aromatic rings. The summed E-state index contributed by atoms with van der Waals surface area (Å²) >= 11 is 4.14. The lowest BCUT2D eigenvalue weighted by Gasteiger charge is -2.35. The molecule has 4 unspecified atom stereocenters. The van der Waals surface area contributed by atoms with Crippen LogP contribution in [0.4, 0.5) is 0 Å². The first kappa shape index (κ1) is 22.4. The smallest absolute Gasteiger partial charge is 0.0723 e. The fourth-order valence-corrected chi connectivity index (χ4v) is 10.7. The van der Waals surface area contributed by atoms with Crippen LogP contribution < -0.4 is 0 Å². The van der Waals surface area contributed by atoms with Gasteiger partial charge in [0.2, 0.25) is 0 Å². The molecule has 1 saturated carbocycles. The number of fused-ring (bicyclic) bond motifs is 5.